The van der Waals surface area contributed by atoms with E-state index in [9.17, 15) is 4.79 Å². The van der Waals surface area contributed by atoms with Gasteiger partial charge in [0.25, 0.3) is 0 Å². The maximum absolute atomic E-state index is 10.4. The summed E-state index contributed by atoms with van der Waals surface area (Å²) in [6.07, 6.45) is -0.380. The molecule has 0 atom stereocenters. The second-order valence-corrected chi connectivity index (χ2v) is 3.56. The van der Waals surface area contributed by atoms with Gasteiger partial charge in [0.1, 0.15) is 0 Å². The molecule has 0 amide bonds. The van der Waals surface area contributed by atoms with Crippen molar-refractivity contribution in [1.29, 1.82) is 0 Å². The number of carboxylic acids is 1. The molecular formula is C9H7Cl2NO3. The SMILES string of the molecule is O=C(O)C/C(=N/O)c1ccc(Cl)c(Cl)c1. The summed E-state index contributed by atoms with van der Waals surface area (Å²) in [6, 6.07) is 4.49. The Morgan fingerprint density at radius 3 is 2.47 bits per heavy atom. The summed E-state index contributed by atoms with van der Waals surface area (Å²) in [5, 5.41) is 20.7. The molecule has 0 saturated heterocycles. The third-order valence-electron chi connectivity index (χ3n) is 1.69. The third-order valence-corrected chi connectivity index (χ3v) is 2.43. The second-order valence-electron chi connectivity index (χ2n) is 2.75. The van der Waals surface area contributed by atoms with E-state index < -0.39 is 5.97 Å². The predicted octanol–water partition coefficient (Wildman–Crippen LogP) is 2.65. The Balaban J connectivity index is 3.03. The van der Waals surface area contributed by atoms with E-state index in [1.165, 1.54) is 18.2 Å². The first-order valence-corrected chi connectivity index (χ1v) is 4.68. The van der Waals surface area contributed by atoms with Crippen LogP contribution in [0.5, 0.6) is 0 Å². The highest BCUT2D eigenvalue weighted by atomic mass is 35.5. The first kappa shape index (κ1) is 11.8. The highest BCUT2D eigenvalue weighted by Crippen LogP contribution is 2.23. The summed E-state index contributed by atoms with van der Waals surface area (Å²) in [4.78, 5) is 10.4. The quantitative estimate of drug-likeness (QED) is 0.490. The van der Waals surface area contributed by atoms with Crippen LogP contribution in [0.15, 0.2) is 23.4 Å². The van der Waals surface area contributed by atoms with Crippen molar-refractivity contribution >= 4 is 34.9 Å². The van der Waals surface area contributed by atoms with Crippen LogP contribution in [0, 0.1) is 0 Å². The topological polar surface area (TPSA) is 69.9 Å². The fourth-order valence-corrected chi connectivity index (χ4v) is 1.31. The summed E-state index contributed by atoms with van der Waals surface area (Å²) in [5.41, 5.74) is 0.454. The molecule has 0 aliphatic rings. The Morgan fingerprint density at radius 1 is 1.33 bits per heavy atom. The van der Waals surface area contributed by atoms with Crippen LogP contribution in [0.2, 0.25) is 10.0 Å². The van der Waals surface area contributed by atoms with Crippen LogP contribution < -0.4 is 0 Å². The van der Waals surface area contributed by atoms with Crippen molar-refractivity contribution in [3.63, 3.8) is 0 Å². The van der Waals surface area contributed by atoms with E-state index >= 15 is 0 Å². The molecule has 0 fully saturated rings. The van der Waals surface area contributed by atoms with Gasteiger partial charge in [-0.1, -0.05) is 34.4 Å². The average Bonchev–Trinajstić information content (AvgIpc) is 2.18. The molecule has 0 bridgehead atoms. The molecule has 0 aliphatic heterocycles. The molecule has 1 rings (SSSR count). The standard InChI is InChI=1S/C9H7Cl2NO3/c10-6-2-1-5(3-7(6)11)8(12-15)4-9(13)14/h1-3,15H,4H2,(H,13,14)/b12-8-. The molecule has 0 radical (unpaired) electrons. The van der Waals surface area contributed by atoms with Crippen molar-refractivity contribution < 1.29 is 15.1 Å². The van der Waals surface area contributed by atoms with E-state index in [4.69, 9.17) is 33.5 Å². The van der Waals surface area contributed by atoms with Gasteiger partial charge in [-0.05, 0) is 12.1 Å². The minimum Gasteiger partial charge on any atom is -0.481 e. The molecule has 15 heavy (non-hydrogen) atoms. The third kappa shape index (κ3) is 3.11. The fourth-order valence-electron chi connectivity index (χ4n) is 1.01. The summed E-state index contributed by atoms with van der Waals surface area (Å²) >= 11 is 11.4. The molecule has 4 nitrogen and oxygen atoms in total. The molecule has 0 unspecified atom stereocenters. The Morgan fingerprint density at radius 2 is 2.00 bits per heavy atom. The van der Waals surface area contributed by atoms with Gasteiger partial charge in [-0.3, -0.25) is 4.79 Å². The lowest BCUT2D eigenvalue weighted by Crippen LogP contribution is -2.08. The molecule has 1 aromatic rings. The van der Waals surface area contributed by atoms with Gasteiger partial charge in [0, 0.05) is 5.56 Å². The number of rotatable bonds is 3. The number of carboxylic acid groups (broad SMARTS) is 1. The number of hydrogen-bond acceptors (Lipinski definition) is 3. The molecule has 80 valence electrons. The van der Waals surface area contributed by atoms with Crippen molar-refractivity contribution in [2.75, 3.05) is 0 Å². The lowest BCUT2D eigenvalue weighted by molar-refractivity contribution is -0.135. The molecule has 0 saturated carbocycles. The van der Waals surface area contributed by atoms with E-state index in [0.717, 1.165) is 0 Å². The minimum absolute atomic E-state index is 0.0288. The van der Waals surface area contributed by atoms with E-state index in [0.29, 0.717) is 10.6 Å². The van der Waals surface area contributed by atoms with Gasteiger partial charge in [-0.25, -0.2) is 0 Å². The van der Waals surface area contributed by atoms with Gasteiger partial charge in [-0.15, -0.1) is 0 Å². The smallest absolute Gasteiger partial charge is 0.309 e. The average molecular weight is 248 g/mol. The van der Waals surface area contributed by atoms with Crippen molar-refractivity contribution in [2.24, 2.45) is 5.16 Å². The zero-order valence-electron chi connectivity index (χ0n) is 7.44. The molecule has 0 heterocycles. The minimum atomic E-state index is -1.09. The monoisotopic (exact) mass is 247 g/mol. The molecule has 6 heteroatoms. The van der Waals surface area contributed by atoms with Crippen molar-refractivity contribution in [2.45, 2.75) is 6.42 Å². The zero-order valence-corrected chi connectivity index (χ0v) is 8.96. The van der Waals surface area contributed by atoms with Gasteiger partial charge in [-0.2, -0.15) is 0 Å². The predicted molar refractivity (Wildman–Crippen MR) is 57.0 cm³/mol. The Labute approximate surface area is 95.7 Å². The van der Waals surface area contributed by atoms with Crippen molar-refractivity contribution in [3.05, 3.63) is 33.8 Å². The lowest BCUT2D eigenvalue weighted by atomic mass is 10.1. The maximum atomic E-state index is 10.4. The van der Waals surface area contributed by atoms with Gasteiger partial charge >= 0.3 is 5.97 Å². The van der Waals surface area contributed by atoms with Crippen molar-refractivity contribution in [1.82, 2.24) is 0 Å². The number of oxime groups is 1. The maximum Gasteiger partial charge on any atom is 0.309 e. The molecule has 0 aromatic heterocycles. The number of aliphatic carboxylic acids is 1. The second kappa shape index (κ2) is 5.00. The van der Waals surface area contributed by atoms with Crippen LogP contribution in [0.4, 0.5) is 0 Å². The molecule has 0 aliphatic carbocycles. The van der Waals surface area contributed by atoms with Crippen LogP contribution in [0.25, 0.3) is 0 Å². The summed E-state index contributed by atoms with van der Waals surface area (Å²) in [5.74, 6) is -1.09. The fraction of sp³-hybridized carbons (Fsp3) is 0.111. The Kier molecular flexibility index (Phi) is 3.94. The Bertz CT molecular complexity index is 418. The highest BCUT2D eigenvalue weighted by Gasteiger charge is 2.10. The highest BCUT2D eigenvalue weighted by molar-refractivity contribution is 6.42. The van der Waals surface area contributed by atoms with E-state index in [1.54, 1.807) is 0 Å². The largest absolute Gasteiger partial charge is 0.481 e. The number of carbonyl (C=O) groups is 1. The van der Waals surface area contributed by atoms with Gasteiger partial charge < -0.3 is 10.3 Å². The lowest BCUT2D eigenvalue weighted by Gasteiger charge is -2.03. The van der Waals surface area contributed by atoms with E-state index in [-0.39, 0.29) is 17.2 Å². The molecular weight excluding hydrogens is 241 g/mol. The molecule has 0 spiro atoms. The van der Waals surface area contributed by atoms with Crippen LogP contribution >= 0.6 is 23.2 Å². The summed E-state index contributed by atoms with van der Waals surface area (Å²) in [6.45, 7) is 0. The van der Waals surface area contributed by atoms with Gasteiger partial charge in [0.05, 0.1) is 22.2 Å². The number of benzene rings is 1. The van der Waals surface area contributed by atoms with Crippen LogP contribution in [-0.2, 0) is 4.79 Å². The number of hydrogen-bond donors (Lipinski definition) is 2. The Hall–Kier alpha value is -1.26. The normalized spacial score (nSPS) is 11.5. The molecule has 2 N–H and O–H groups in total. The first-order chi connectivity index (χ1) is 7.04. The van der Waals surface area contributed by atoms with Gasteiger partial charge in [0.15, 0.2) is 0 Å². The van der Waals surface area contributed by atoms with E-state index in [2.05, 4.69) is 5.16 Å². The van der Waals surface area contributed by atoms with Crippen LogP contribution in [-0.4, -0.2) is 22.0 Å². The summed E-state index contributed by atoms with van der Waals surface area (Å²) in [7, 11) is 0. The number of halogens is 2. The van der Waals surface area contributed by atoms with Gasteiger partial charge in [0.2, 0.25) is 0 Å². The zero-order chi connectivity index (χ0) is 11.4. The number of nitrogens with zero attached hydrogens (tertiary/aromatic N) is 1. The van der Waals surface area contributed by atoms with E-state index in [1.807, 2.05) is 0 Å². The van der Waals surface area contributed by atoms with Crippen LogP contribution in [0.3, 0.4) is 0 Å². The van der Waals surface area contributed by atoms with Crippen molar-refractivity contribution in [3.8, 4) is 0 Å². The molecule has 1 aromatic carbocycles. The first-order valence-electron chi connectivity index (χ1n) is 3.92. The summed E-state index contributed by atoms with van der Waals surface area (Å²) < 4.78 is 0. The van der Waals surface area contributed by atoms with Crippen LogP contribution in [0.1, 0.15) is 12.0 Å².